The van der Waals surface area contributed by atoms with Gasteiger partial charge in [0, 0.05) is 25.6 Å². The Morgan fingerprint density at radius 2 is 2.25 bits per heavy atom. The molecular formula is C9H16N2O. The molecule has 2 aliphatic heterocycles. The van der Waals surface area contributed by atoms with E-state index in [0.717, 1.165) is 19.5 Å². The normalized spacial score (nSPS) is 33.4. The highest BCUT2D eigenvalue weighted by molar-refractivity contribution is 5.82. The first-order chi connectivity index (χ1) is 5.75. The Hall–Kier alpha value is -0.410. The van der Waals surface area contributed by atoms with Gasteiger partial charge in [0.1, 0.15) is 5.78 Å². The van der Waals surface area contributed by atoms with Gasteiger partial charge in [-0.05, 0) is 20.0 Å². The van der Waals surface area contributed by atoms with Crippen molar-refractivity contribution in [3.63, 3.8) is 0 Å². The number of rotatable bonds is 1. The highest BCUT2D eigenvalue weighted by atomic mass is 16.1. The van der Waals surface area contributed by atoms with Crippen molar-refractivity contribution in [3.8, 4) is 0 Å². The molecule has 0 radical (unpaired) electrons. The van der Waals surface area contributed by atoms with Crippen molar-refractivity contribution in [1.29, 1.82) is 0 Å². The highest BCUT2D eigenvalue weighted by Gasteiger charge is 2.30. The first-order valence-electron chi connectivity index (χ1n) is 4.70. The van der Waals surface area contributed by atoms with E-state index in [2.05, 4.69) is 16.8 Å². The summed E-state index contributed by atoms with van der Waals surface area (Å²) in [6.07, 6.45) is 2.02. The van der Waals surface area contributed by atoms with Crippen molar-refractivity contribution in [2.75, 3.05) is 33.2 Å². The Labute approximate surface area is 73.3 Å². The summed E-state index contributed by atoms with van der Waals surface area (Å²) in [6, 6.07) is 0.654. The monoisotopic (exact) mass is 168 g/mol. The average molecular weight is 168 g/mol. The third-order valence-corrected chi connectivity index (χ3v) is 2.94. The first-order valence-corrected chi connectivity index (χ1v) is 4.70. The molecule has 0 spiro atoms. The second-order valence-electron chi connectivity index (χ2n) is 3.96. The molecule has 1 atom stereocenters. The van der Waals surface area contributed by atoms with Crippen molar-refractivity contribution < 1.29 is 4.79 Å². The van der Waals surface area contributed by atoms with E-state index in [4.69, 9.17) is 0 Å². The van der Waals surface area contributed by atoms with Crippen molar-refractivity contribution in [1.82, 2.24) is 9.80 Å². The molecule has 68 valence electrons. The van der Waals surface area contributed by atoms with Crippen LogP contribution in [0.1, 0.15) is 12.8 Å². The van der Waals surface area contributed by atoms with Crippen LogP contribution >= 0.6 is 0 Å². The standard InChI is InChI=1S/C9H16N2O/c1-10-4-2-8(6-10)11-5-3-9(12)7-11/h8H,2-7H2,1H3. The van der Waals surface area contributed by atoms with Crippen LogP contribution in [0.25, 0.3) is 0 Å². The Balaban J connectivity index is 1.89. The fourth-order valence-corrected chi connectivity index (χ4v) is 2.17. The molecule has 1 unspecified atom stereocenters. The number of nitrogens with zero attached hydrogens (tertiary/aromatic N) is 2. The van der Waals surface area contributed by atoms with Crippen molar-refractivity contribution in [3.05, 3.63) is 0 Å². The molecule has 2 fully saturated rings. The van der Waals surface area contributed by atoms with E-state index in [-0.39, 0.29) is 0 Å². The first kappa shape index (κ1) is 8.20. The van der Waals surface area contributed by atoms with Gasteiger partial charge in [-0.15, -0.1) is 0 Å². The number of ketones is 1. The number of carbonyl (C=O) groups is 1. The smallest absolute Gasteiger partial charge is 0.148 e. The van der Waals surface area contributed by atoms with Crippen LogP contribution in [-0.2, 0) is 4.79 Å². The predicted octanol–water partition coefficient (Wildman–Crippen LogP) is -0.0347. The number of carbonyl (C=O) groups excluding carboxylic acids is 1. The second kappa shape index (κ2) is 3.15. The van der Waals surface area contributed by atoms with Gasteiger partial charge in [0.25, 0.3) is 0 Å². The lowest BCUT2D eigenvalue weighted by molar-refractivity contribution is -0.117. The van der Waals surface area contributed by atoms with Gasteiger partial charge < -0.3 is 4.90 Å². The van der Waals surface area contributed by atoms with Gasteiger partial charge in [-0.25, -0.2) is 0 Å². The average Bonchev–Trinajstić information content (AvgIpc) is 2.58. The molecule has 0 N–H and O–H groups in total. The topological polar surface area (TPSA) is 23.6 Å². The van der Waals surface area contributed by atoms with Gasteiger partial charge in [0.05, 0.1) is 6.54 Å². The number of hydrogen-bond donors (Lipinski definition) is 0. The van der Waals surface area contributed by atoms with Crippen molar-refractivity contribution >= 4 is 5.78 Å². The van der Waals surface area contributed by atoms with Crippen LogP contribution in [0.4, 0.5) is 0 Å². The molecule has 0 saturated carbocycles. The lowest BCUT2D eigenvalue weighted by Gasteiger charge is -2.21. The molecule has 2 saturated heterocycles. The quantitative estimate of drug-likeness (QED) is 0.549. The predicted molar refractivity (Wildman–Crippen MR) is 47.1 cm³/mol. The number of likely N-dealkylation sites (N-methyl/N-ethyl adjacent to an activating group) is 1. The van der Waals surface area contributed by atoms with Gasteiger partial charge in [0.15, 0.2) is 0 Å². The van der Waals surface area contributed by atoms with Crippen LogP contribution in [0.2, 0.25) is 0 Å². The molecule has 0 aromatic heterocycles. The van der Waals surface area contributed by atoms with Gasteiger partial charge in [0.2, 0.25) is 0 Å². The van der Waals surface area contributed by atoms with Gasteiger partial charge >= 0.3 is 0 Å². The Kier molecular flexibility index (Phi) is 2.15. The van der Waals surface area contributed by atoms with E-state index in [9.17, 15) is 4.79 Å². The Morgan fingerprint density at radius 1 is 1.42 bits per heavy atom. The van der Waals surface area contributed by atoms with E-state index in [1.807, 2.05) is 0 Å². The second-order valence-corrected chi connectivity index (χ2v) is 3.96. The fraction of sp³-hybridized carbons (Fsp3) is 0.889. The largest absolute Gasteiger partial charge is 0.305 e. The van der Waals surface area contributed by atoms with Crippen LogP contribution < -0.4 is 0 Å². The van der Waals surface area contributed by atoms with E-state index in [1.165, 1.54) is 13.0 Å². The summed E-state index contributed by atoms with van der Waals surface area (Å²) in [7, 11) is 2.15. The molecule has 2 heterocycles. The maximum Gasteiger partial charge on any atom is 0.148 e. The molecule has 0 aromatic carbocycles. The zero-order chi connectivity index (χ0) is 8.55. The van der Waals surface area contributed by atoms with Crippen LogP contribution in [-0.4, -0.2) is 54.9 Å². The highest BCUT2D eigenvalue weighted by Crippen LogP contribution is 2.17. The molecule has 2 rings (SSSR count). The summed E-state index contributed by atoms with van der Waals surface area (Å²) in [5.41, 5.74) is 0. The summed E-state index contributed by atoms with van der Waals surface area (Å²) in [5, 5.41) is 0. The van der Waals surface area contributed by atoms with E-state index in [1.54, 1.807) is 0 Å². The van der Waals surface area contributed by atoms with Gasteiger partial charge in [-0.3, -0.25) is 9.69 Å². The van der Waals surface area contributed by atoms with Crippen molar-refractivity contribution in [2.24, 2.45) is 0 Å². The van der Waals surface area contributed by atoms with Crippen LogP contribution in [0.5, 0.6) is 0 Å². The summed E-state index contributed by atoms with van der Waals surface area (Å²) in [5.74, 6) is 0.421. The number of Topliss-reactive ketones (excluding diaryl/α,β-unsaturated/α-hetero) is 1. The lowest BCUT2D eigenvalue weighted by atomic mass is 10.2. The molecule has 0 aliphatic carbocycles. The molecule has 12 heavy (non-hydrogen) atoms. The zero-order valence-electron chi connectivity index (χ0n) is 7.62. The summed E-state index contributed by atoms with van der Waals surface area (Å²) >= 11 is 0. The van der Waals surface area contributed by atoms with E-state index in [0.29, 0.717) is 18.4 Å². The van der Waals surface area contributed by atoms with E-state index >= 15 is 0 Å². The van der Waals surface area contributed by atoms with Crippen molar-refractivity contribution in [2.45, 2.75) is 18.9 Å². The number of likely N-dealkylation sites (tertiary alicyclic amines) is 2. The SMILES string of the molecule is CN1CCC(N2CCC(=O)C2)C1. The van der Waals surface area contributed by atoms with Crippen LogP contribution in [0, 0.1) is 0 Å². The maximum atomic E-state index is 11.0. The number of hydrogen-bond acceptors (Lipinski definition) is 3. The molecule has 3 nitrogen and oxygen atoms in total. The Bertz CT molecular complexity index is 193. The van der Waals surface area contributed by atoms with Gasteiger partial charge in [-0.1, -0.05) is 0 Å². The maximum absolute atomic E-state index is 11.0. The molecule has 0 bridgehead atoms. The van der Waals surface area contributed by atoms with Gasteiger partial charge in [-0.2, -0.15) is 0 Å². The minimum Gasteiger partial charge on any atom is -0.305 e. The zero-order valence-corrected chi connectivity index (χ0v) is 7.62. The third kappa shape index (κ3) is 1.52. The molecule has 0 amide bonds. The van der Waals surface area contributed by atoms with Crippen LogP contribution in [0.15, 0.2) is 0 Å². The fourth-order valence-electron chi connectivity index (χ4n) is 2.17. The minimum atomic E-state index is 0.421. The van der Waals surface area contributed by atoms with E-state index < -0.39 is 0 Å². The minimum absolute atomic E-state index is 0.421. The summed E-state index contributed by atoms with van der Waals surface area (Å²) in [4.78, 5) is 15.7. The summed E-state index contributed by atoms with van der Waals surface area (Å²) in [6.45, 7) is 4.04. The molecule has 0 aromatic rings. The summed E-state index contributed by atoms with van der Waals surface area (Å²) < 4.78 is 0. The molecule has 3 heteroatoms. The molecule has 2 aliphatic rings. The Morgan fingerprint density at radius 3 is 2.75 bits per heavy atom. The third-order valence-electron chi connectivity index (χ3n) is 2.94. The lowest BCUT2D eigenvalue weighted by Crippen LogP contribution is -2.35. The molecular weight excluding hydrogens is 152 g/mol. The van der Waals surface area contributed by atoms with Crippen LogP contribution in [0.3, 0.4) is 0 Å².